The Labute approximate surface area is 180 Å². The van der Waals surface area contributed by atoms with Crippen LogP contribution in [0.15, 0.2) is 46.4 Å². The zero-order valence-corrected chi connectivity index (χ0v) is 17.8. The van der Waals surface area contributed by atoms with Crippen LogP contribution in [0.25, 0.3) is 0 Å². The summed E-state index contributed by atoms with van der Waals surface area (Å²) < 4.78 is 28.3. The highest BCUT2D eigenvalue weighted by Gasteiger charge is 2.45. The lowest BCUT2D eigenvalue weighted by Crippen LogP contribution is -2.28. The van der Waals surface area contributed by atoms with Gasteiger partial charge in [-0.2, -0.15) is 0 Å². The number of carbonyl (C=O) groups excluding carboxylic acids is 1. The summed E-state index contributed by atoms with van der Waals surface area (Å²) in [7, 11) is 1.53. The third kappa shape index (κ3) is 5.48. The van der Waals surface area contributed by atoms with Gasteiger partial charge in [-0.3, -0.25) is 4.79 Å². The fourth-order valence-electron chi connectivity index (χ4n) is 3.58. The van der Waals surface area contributed by atoms with Gasteiger partial charge in [-0.15, -0.1) is 5.10 Å². The minimum atomic E-state index is -2.77. The van der Waals surface area contributed by atoms with Crippen LogP contribution in [-0.4, -0.2) is 39.8 Å². The zero-order valence-electron chi connectivity index (χ0n) is 16.2. The molecule has 11 heteroatoms. The molecule has 0 aliphatic heterocycles. The summed E-state index contributed by atoms with van der Waals surface area (Å²) in [4.78, 5) is 21.1. The molecule has 2 aromatic rings. The van der Waals surface area contributed by atoms with Crippen LogP contribution in [0.5, 0.6) is 0 Å². The lowest BCUT2D eigenvalue weighted by atomic mass is 9.83. The van der Waals surface area contributed by atoms with Crippen LogP contribution in [-0.2, 0) is 4.79 Å². The van der Waals surface area contributed by atoms with Crippen LogP contribution in [0.1, 0.15) is 36.3 Å². The number of benzene rings is 1. The Morgan fingerprint density at radius 1 is 1.33 bits per heavy atom. The van der Waals surface area contributed by atoms with Gasteiger partial charge in [0.1, 0.15) is 4.60 Å². The zero-order chi connectivity index (χ0) is 21.9. The number of rotatable bonds is 6. The fourth-order valence-corrected chi connectivity index (χ4v) is 3.78. The van der Waals surface area contributed by atoms with Crippen molar-refractivity contribution in [1.82, 2.24) is 15.1 Å². The molecule has 3 rings (SSSR count). The third-order valence-corrected chi connectivity index (χ3v) is 5.31. The van der Waals surface area contributed by atoms with Crippen LogP contribution in [0.4, 0.5) is 14.6 Å². The van der Waals surface area contributed by atoms with Crippen molar-refractivity contribution in [3.63, 3.8) is 0 Å². The lowest BCUT2D eigenvalue weighted by molar-refractivity contribution is -0.118. The Balaban J connectivity index is 1.87. The van der Waals surface area contributed by atoms with Crippen LogP contribution in [0, 0.1) is 5.92 Å². The van der Waals surface area contributed by atoms with Gasteiger partial charge in [-0.05, 0) is 33.8 Å². The van der Waals surface area contributed by atoms with Crippen molar-refractivity contribution in [2.24, 2.45) is 22.6 Å². The molecule has 0 radical (unpaired) electrons. The molecule has 0 saturated heterocycles. The highest BCUT2D eigenvalue weighted by atomic mass is 79.9. The van der Waals surface area contributed by atoms with Gasteiger partial charge in [-0.25, -0.2) is 29.7 Å². The average Bonchev–Trinajstić information content (AvgIpc) is 3.03. The van der Waals surface area contributed by atoms with Crippen molar-refractivity contribution in [3.8, 4) is 0 Å². The van der Waals surface area contributed by atoms with E-state index >= 15 is 0 Å². The van der Waals surface area contributed by atoms with E-state index in [1.54, 1.807) is 24.3 Å². The van der Waals surface area contributed by atoms with Gasteiger partial charge in [0.15, 0.2) is 11.7 Å². The molecule has 1 aromatic heterocycles. The number of nitrogens with zero attached hydrogens (tertiary/aromatic N) is 4. The van der Waals surface area contributed by atoms with E-state index in [1.807, 2.05) is 0 Å². The number of carbonyl (C=O) groups is 1. The van der Waals surface area contributed by atoms with Gasteiger partial charge < -0.3 is 11.1 Å². The average molecular weight is 482 g/mol. The van der Waals surface area contributed by atoms with Crippen LogP contribution < -0.4 is 16.9 Å². The largest absolute Gasteiger partial charge is 0.382 e. The smallest absolute Gasteiger partial charge is 0.248 e. The number of nitrogens with one attached hydrogen (secondary N) is 1. The molecule has 160 valence electrons. The monoisotopic (exact) mass is 481 g/mol. The molecule has 1 amide bonds. The number of hydrogen-bond donors (Lipinski definition) is 3. The van der Waals surface area contributed by atoms with E-state index in [-0.39, 0.29) is 30.9 Å². The molecule has 0 bridgehead atoms. The van der Waals surface area contributed by atoms with E-state index in [9.17, 15) is 13.6 Å². The van der Waals surface area contributed by atoms with Gasteiger partial charge in [0.2, 0.25) is 11.8 Å². The normalized spacial score (nSPS) is 19.4. The second-order valence-electron chi connectivity index (χ2n) is 7.23. The number of anilines is 1. The number of hydrazone groups is 1. The van der Waals surface area contributed by atoms with Crippen LogP contribution in [0.3, 0.4) is 0 Å². The number of hydrazine groups is 1. The minimum Gasteiger partial charge on any atom is -0.382 e. The Morgan fingerprint density at radius 3 is 2.57 bits per heavy atom. The Bertz CT molecular complexity index is 919. The number of nitrogens with two attached hydrogens (primary N) is 2. The molecule has 1 aliphatic carbocycles. The topological polar surface area (TPSA) is 123 Å². The molecule has 5 N–H and O–H groups in total. The molecule has 1 aliphatic rings. The molecule has 8 nitrogen and oxygen atoms in total. The molecule has 1 saturated carbocycles. The van der Waals surface area contributed by atoms with Crippen molar-refractivity contribution in [2.45, 2.75) is 31.1 Å². The third-order valence-electron chi connectivity index (χ3n) is 4.90. The lowest BCUT2D eigenvalue weighted by Gasteiger charge is -2.23. The van der Waals surface area contributed by atoms with Crippen LogP contribution in [0.2, 0.25) is 0 Å². The molecule has 1 heterocycles. The molecule has 0 spiro atoms. The quantitative estimate of drug-likeness (QED) is 0.252. The van der Waals surface area contributed by atoms with E-state index in [0.717, 1.165) is 5.12 Å². The maximum absolute atomic E-state index is 13.9. The first kappa shape index (κ1) is 22.0. The van der Waals surface area contributed by atoms with Gasteiger partial charge in [0.05, 0.1) is 18.3 Å². The molecule has 30 heavy (non-hydrogen) atoms. The Kier molecular flexibility index (Phi) is 6.61. The second kappa shape index (κ2) is 9.00. The summed E-state index contributed by atoms with van der Waals surface area (Å²) in [6.07, 6.45) is 2.51. The summed E-state index contributed by atoms with van der Waals surface area (Å²) in [5, 5.41) is 7.69. The first-order valence-corrected chi connectivity index (χ1v) is 10.0. The van der Waals surface area contributed by atoms with E-state index in [4.69, 9.17) is 11.6 Å². The number of amidine groups is 1. The van der Waals surface area contributed by atoms with E-state index in [2.05, 4.69) is 36.3 Å². The number of amides is 1. The minimum absolute atomic E-state index is 0.199. The summed E-state index contributed by atoms with van der Waals surface area (Å²) in [5.74, 6) is 1.45. The Hall–Kier alpha value is -2.66. The van der Waals surface area contributed by atoms with Crippen molar-refractivity contribution >= 4 is 33.5 Å². The van der Waals surface area contributed by atoms with Crippen LogP contribution >= 0.6 is 15.9 Å². The summed E-state index contributed by atoms with van der Waals surface area (Å²) in [6.45, 7) is 0. The predicted octanol–water partition coefficient (Wildman–Crippen LogP) is 2.82. The number of aromatic nitrogens is 2. The molecule has 2 unspecified atom stereocenters. The summed E-state index contributed by atoms with van der Waals surface area (Å²) in [5.41, 5.74) is 7.10. The fraction of sp³-hybridized carbons (Fsp3) is 0.368. The second-order valence-corrected chi connectivity index (χ2v) is 8.04. The number of halogens is 3. The highest BCUT2D eigenvalue weighted by molar-refractivity contribution is 9.10. The number of hydrogen-bond acceptors (Lipinski definition) is 6. The van der Waals surface area contributed by atoms with Crippen molar-refractivity contribution in [3.05, 3.63) is 52.4 Å². The first-order chi connectivity index (χ1) is 14.1. The van der Waals surface area contributed by atoms with Crippen molar-refractivity contribution in [2.75, 3.05) is 12.4 Å². The summed E-state index contributed by atoms with van der Waals surface area (Å²) >= 11 is 3.18. The highest BCUT2D eigenvalue weighted by Crippen LogP contribution is 2.45. The van der Waals surface area contributed by atoms with E-state index in [0.29, 0.717) is 15.7 Å². The number of alkyl halides is 2. The Morgan fingerprint density at radius 2 is 2.03 bits per heavy atom. The van der Waals surface area contributed by atoms with Gasteiger partial charge in [0.25, 0.3) is 0 Å². The molecule has 1 aromatic carbocycles. The van der Waals surface area contributed by atoms with Gasteiger partial charge >= 0.3 is 0 Å². The molecular weight excluding hydrogens is 460 g/mol. The SMILES string of the molecule is CN(N)/N=C(\N)c1ccc(C(C(=O)Nc2cnc(Br)cn2)C2CCC(F)(F)C2)cc1. The maximum atomic E-state index is 13.9. The van der Waals surface area contributed by atoms with Crippen molar-refractivity contribution < 1.29 is 13.6 Å². The molecule has 1 fully saturated rings. The predicted molar refractivity (Wildman–Crippen MR) is 113 cm³/mol. The van der Waals surface area contributed by atoms with Gasteiger partial charge in [0, 0.05) is 25.5 Å². The van der Waals surface area contributed by atoms with E-state index in [1.165, 1.54) is 19.4 Å². The molecular formula is C19H22BrF2N7O. The van der Waals surface area contributed by atoms with Gasteiger partial charge in [-0.1, -0.05) is 24.3 Å². The first-order valence-electron chi connectivity index (χ1n) is 9.24. The standard InChI is InChI=1S/C19H22BrF2N7O/c1-29(24)28-17(23)12-4-2-11(3-5-12)16(13-6-7-19(21,22)8-13)18(30)27-15-10-25-14(20)9-26-15/h2-5,9-10,13,16H,6-8,24H2,1H3,(H2,23,28)(H,26,27,30). The summed E-state index contributed by atoms with van der Waals surface area (Å²) in [6, 6.07) is 6.76. The van der Waals surface area contributed by atoms with Crippen molar-refractivity contribution in [1.29, 1.82) is 0 Å². The van der Waals surface area contributed by atoms with E-state index < -0.39 is 23.7 Å². The molecule has 2 atom stereocenters. The maximum Gasteiger partial charge on any atom is 0.248 e.